The number of anilines is 1. The largest absolute Gasteiger partial charge is 0.484 e. The Hall–Kier alpha value is -3.27. The van der Waals surface area contributed by atoms with E-state index in [1.165, 1.54) is 5.56 Å². The maximum Gasteiger partial charge on any atom is 0.262 e. The molecule has 27 heavy (non-hydrogen) atoms. The molecule has 1 N–H and O–H groups in total. The molecule has 0 spiro atoms. The Morgan fingerprint density at radius 3 is 2.48 bits per heavy atom. The first-order chi connectivity index (χ1) is 13.1. The van der Waals surface area contributed by atoms with Crippen LogP contribution in [0.5, 0.6) is 5.75 Å². The molecule has 0 atom stereocenters. The zero-order valence-electron chi connectivity index (χ0n) is 15.4. The van der Waals surface area contributed by atoms with E-state index in [0.29, 0.717) is 17.4 Å². The molecule has 0 aliphatic rings. The minimum absolute atomic E-state index is 0.0425. The first-order valence-corrected chi connectivity index (χ1v) is 9.04. The molecule has 4 rings (SSSR count). The molecule has 0 fully saturated rings. The molecule has 0 unspecified atom stereocenters. The summed E-state index contributed by atoms with van der Waals surface area (Å²) in [6.45, 7) is 4.24. The SMILES string of the molecule is CC(C)c1ccc(OCC(=O)Nc2ccc3c(c2)oc2ccccc23)cc1. The monoisotopic (exact) mass is 359 g/mol. The van der Waals surface area contributed by atoms with Crippen LogP contribution in [-0.2, 0) is 4.79 Å². The van der Waals surface area contributed by atoms with E-state index in [9.17, 15) is 4.79 Å². The Morgan fingerprint density at radius 2 is 1.70 bits per heavy atom. The van der Waals surface area contributed by atoms with E-state index in [1.807, 2.05) is 66.7 Å². The van der Waals surface area contributed by atoms with E-state index in [2.05, 4.69) is 19.2 Å². The first kappa shape index (κ1) is 17.2. The van der Waals surface area contributed by atoms with Gasteiger partial charge in [0.05, 0.1) is 0 Å². The number of para-hydroxylation sites is 1. The Balaban J connectivity index is 1.42. The number of carbonyl (C=O) groups is 1. The molecule has 3 aromatic carbocycles. The number of nitrogens with one attached hydrogen (secondary N) is 1. The van der Waals surface area contributed by atoms with Crippen molar-refractivity contribution in [1.29, 1.82) is 0 Å². The molecule has 0 radical (unpaired) electrons. The number of amides is 1. The normalized spacial score (nSPS) is 11.2. The van der Waals surface area contributed by atoms with Crippen molar-refractivity contribution in [3.63, 3.8) is 0 Å². The van der Waals surface area contributed by atoms with Crippen LogP contribution in [0, 0.1) is 0 Å². The fourth-order valence-corrected chi connectivity index (χ4v) is 3.10. The lowest BCUT2D eigenvalue weighted by Crippen LogP contribution is -2.20. The highest BCUT2D eigenvalue weighted by Gasteiger charge is 2.09. The summed E-state index contributed by atoms with van der Waals surface area (Å²) in [4.78, 5) is 12.2. The number of rotatable bonds is 5. The fraction of sp³-hybridized carbons (Fsp3) is 0.174. The quantitative estimate of drug-likeness (QED) is 0.495. The number of fused-ring (bicyclic) bond motifs is 3. The fourth-order valence-electron chi connectivity index (χ4n) is 3.10. The van der Waals surface area contributed by atoms with Gasteiger partial charge in [0.25, 0.3) is 5.91 Å². The highest BCUT2D eigenvalue weighted by molar-refractivity contribution is 6.06. The second kappa shape index (κ2) is 7.16. The summed E-state index contributed by atoms with van der Waals surface area (Å²) < 4.78 is 11.4. The van der Waals surface area contributed by atoms with Gasteiger partial charge in [-0.15, -0.1) is 0 Å². The van der Waals surface area contributed by atoms with Crippen molar-refractivity contribution in [1.82, 2.24) is 0 Å². The summed E-state index contributed by atoms with van der Waals surface area (Å²) >= 11 is 0. The number of carbonyl (C=O) groups excluding carboxylic acids is 1. The van der Waals surface area contributed by atoms with Crippen molar-refractivity contribution in [2.45, 2.75) is 19.8 Å². The number of ether oxygens (including phenoxy) is 1. The van der Waals surface area contributed by atoms with Crippen molar-refractivity contribution in [3.8, 4) is 5.75 Å². The maximum absolute atomic E-state index is 12.2. The third-order valence-electron chi connectivity index (χ3n) is 4.58. The average molecular weight is 359 g/mol. The van der Waals surface area contributed by atoms with Gasteiger partial charge in [0.1, 0.15) is 16.9 Å². The van der Waals surface area contributed by atoms with Crippen LogP contribution >= 0.6 is 0 Å². The van der Waals surface area contributed by atoms with Gasteiger partial charge in [0.15, 0.2) is 6.61 Å². The summed E-state index contributed by atoms with van der Waals surface area (Å²) in [7, 11) is 0. The van der Waals surface area contributed by atoms with Gasteiger partial charge in [0, 0.05) is 22.5 Å². The molecule has 4 aromatic rings. The van der Waals surface area contributed by atoms with E-state index in [0.717, 1.165) is 21.9 Å². The summed E-state index contributed by atoms with van der Waals surface area (Å²) in [5.74, 6) is 0.941. The topological polar surface area (TPSA) is 51.5 Å². The third kappa shape index (κ3) is 3.65. The van der Waals surface area contributed by atoms with Crippen molar-refractivity contribution < 1.29 is 13.9 Å². The molecule has 0 saturated heterocycles. The lowest BCUT2D eigenvalue weighted by Gasteiger charge is -2.09. The molecule has 0 bridgehead atoms. The molecular weight excluding hydrogens is 338 g/mol. The van der Waals surface area contributed by atoms with Crippen molar-refractivity contribution in [2.75, 3.05) is 11.9 Å². The summed E-state index contributed by atoms with van der Waals surface area (Å²) in [5.41, 5.74) is 3.51. The predicted molar refractivity (Wildman–Crippen MR) is 108 cm³/mol. The third-order valence-corrected chi connectivity index (χ3v) is 4.58. The molecular formula is C23H21NO3. The van der Waals surface area contributed by atoms with Crippen molar-refractivity contribution in [3.05, 3.63) is 72.3 Å². The van der Waals surface area contributed by atoms with E-state index in [1.54, 1.807) is 0 Å². The molecule has 0 saturated carbocycles. The van der Waals surface area contributed by atoms with Crippen molar-refractivity contribution in [2.24, 2.45) is 0 Å². The predicted octanol–water partition coefficient (Wildman–Crippen LogP) is 5.73. The number of hydrogen-bond donors (Lipinski definition) is 1. The van der Waals surface area contributed by atoms with E-state index in [4.69, 9.17) is 9.15 Å². The second-order valence-electron chi connectivity index (χ2n) is 6.87. The average Bonchev–Trinajstić information content (AvgIpc) is 3.04. The van der Waals surface area contributed by atoms with Gasteiger partial charge in [0.2, 0.25) is 0 Å². The van der Waals surface area contributed by atoms with E-state index >= 15 is 0 Å². The van der Waals surface area contributed by atoms with Crippen LogP contribution in [0.4, 0.5) is 5.69 Å². The van der Waals surface area contributed by atoms with Crippen LogP contribution in [-0.4, -0.2) is 12.5 Å². The molecule has 4 nitrogen and oxygen atoms in total. The number of hydrogen-bond acceptors (Lipinski definition) is 3. The highest BCUT2D eigenvalue weighted by atomic mass is 16.5. The van der Waals surface area contributed by atoms with Gasteiger partial charge < -0.3 is 14.5 Å². The second-order valence-corrected chi connectivity index (χ2v) is 6.87. The van der Waals surface area contributed by atoms with Crippen LogP contribution in [0.2, 0.25) is 0 Å². The lowest BCUT2D eigenvalue weighted by molar-refractivity contribution is -0.118. The van der Waals surface area contributed by atoms with Crippen molar-refractivity contribution >= 4 is 33.5 Å². The Morgan fingerprint density at radius 1 is 0.963 bits per heavy atom. The molecule has 0 aliphatic carbocycles. The first-order valence-electron chi connectivity index (χ1n) is 9.04. The minimum Gasteiger partial charge on any atom is -0.484 e. The standard InChI is InChI=1S/C23H21NO3/c1-15(2)16-7-10-18(11-8-16)26-14-23(25)24-17-9-12-20-19-5-3-4-6-21(19)27-22(20)13-17/h3-13,15H,14H2,1-2H3,(H,24,25). The van der Waals surface area contributed by atoms with Gasteiger partial charge in [-0.3, -0.25) is 4.79 Å². The van der Waals surface area contributed by atoms with E-state index in [-0.39, 0.29) is 12.5 Å². The molecule has 1 aromatic heterocycles. The number of benzene rings is 3. The van der Waals surface area contributed by atoms with Crippen LogP contribution in [0.15, 0.2) is 71.1 Å². The smallest absolute Gasteiger partial charge is 0.262 e. The number of furan rings is 1. The summed E-state index contributed by atoms with van der Waals surface area (Å²) in [6, 6.07) is 21.4. The zero-order valence-corrected chi connectivity index (χ0v) is 15.4. The lowest BCUT2D eigenvalue weighted by atomic mass is 10.0. The molecule has 0 aliphatic heterocycles. The minimum atomic E-state index is -0.210. The van der Waals surface area contributed by atoms with Gasteiger partial charge >= 0.3 is 0 Å². The van der Waals surface area contributed by atoms with Gasteiger partial charge in [-0.25, -0.2) is 0 Å². The summed E-state index contributed by atoms with van der Waals surface area (Å²) in [6.07, 6.45) is 0. The van der Waals surface area contributed by atoms with E-state index < -0.39 is 0 Å². The summed E-state index contributed by atoms with van der Waals surface area (Å²) in [5, 5.41) is 4.95. The molecule has 1 heterocycles. The molecule has 136 valence electrons. The van der Waals surface area contributed by atoms with Crippen LogP contribution in [0.3, 0.4) is 0 Å². The van der Waals surface area contributed by atoms with Gasteiger partial charge in [-0.1, -0.05) is 44.2 Å². The zero-order chi connectivity index (χ0) is 18.8. The van der Waals surface area contributed by atoms with Crippen LogP contribution in [0.25, 0.3) is 21.9 Å². The van der Waals surface area contributed by atoms with Crippen LogP contribution in [0.1, 0.15) is 25.3 Å². The highest BCUT2D eigenvalue weighted by Crippen LogP contribution is 2.30. The van der Waals surface area contributed by atoms with Gasteiger partial charge in [-0.2, -0.15) is 0 Å². The molecule has 1 amide bonds. The Kier molecular flexibility index (Phi) is 4.55. The maximum atomic E-state index is 12.2. The Labute approximate surface area is 157 Å². The Bertz CT molecular complexity index is 1090. The van der Waals surface area contributed by atoms with Gasteiger partial charge in [-0.05, 0) is 41.8 Å². The molecule has 4 heteroatoms. The van der Waals surface area contributed by atoms with Crippen LogP contribution < -0.4 is 10.1 Å².